The van der Waals surface area contributed by atoms with Crippen LogP contribution >= 0.6 is 0 Å². The highest BCUT2D eigenvalue weighted by atomic mass is 16.4. The van der Waals surface area contributed by atoms with Crippen LogP contribution in [0.1, 0.15) is 39.2 Å². The molecule has 0 aliphatic rings. The fraction of sp³-hybridized carbons (Fsp3) is 0.533. The number of aliphatic carboxylic acids is 1. The lowest BCUT2D eigenvalue weighted by atomic mass is 9.87. The molecule has 100 valence electrons. The zero-order valence-electron chi connectivity index (χ0n) is 11.4. The molecule has 3 nitrogen and oxygen atoms in total. The smallest absolute Gasteiger partial charge is 0.328 e. The van der Waals surface area contributed by atoms with Crippen molar-refractivity contribution in [1.29, 1.82) is 0 Å². The lowest BCUT2D eigenvalue weighted by Gasteiger charge is -2.30. The monoisotopic (exact) mass is 249 g/mol. The van der Waals surface area contributed by atoms with E-state index in [1.807, 2.05) is 37.3 Å². The van der Waals surface area contributed by atoms with E-state index in [0.29, 0.717) is 18.9 Å². The SMILES string of the molecule is CCC(NCCC(C)C)(C(=O)O)c1ccccc1. The van der Waals surface area contributed by atoms with Gasteiger partial charge in [0.2, 0.25) is 0 Å². The Balaban J connectivity index is 2.92. The van der Waals surface area contributed by atoms with E-state index in [2.05, 4.69) is 19.2 Å². The van der Waals surface area contributed by atoms with Gasteiger partial charge in [0.05, 0.1) is 0 Å². The first-order chi connectivity index (χ1) is 8.53. The first-order valence-electron chi connectivity index (χ1n) is 6.57. The van der Waals surface area contributed by atoms with Gasteiger partial charge >= 0.3 is 5.97 Å². The largest absolute Gasteiger partial charge is 0.480 e. The molecule has 1 unspecified atom stereocenters. The molecular weight excluding hydrogens is 226 g/mol. The zero-order valence-corrected chi connectivity index (χ0v) is 11.4. The molecule has 1 aromatic carbocycles. The van der Waals surface area contributed by atoms with Crippen LogP contribution in [0.5, 0.6) is 0 Å². The third-order valence-corrected chi connectivity index (χ3v) is 3.31. The average molecular weight is 249 g/mol. The molecule has 0 heterocycles. The summed E-state index contributed by atoms with van der Waals surface area (Å²) < 4.78 is 0. The molecule has 0 aliphatic heterocycles. The Hall–Kier alpha value is -1.35. The molecular formula is C15H23NO2. The van der Waals surface area contributed by atoms with Crippen LogP contribution in [0.3, 0.4) is 0 Å². The van der Waals surface area contributed by atoms with Crippen LogP contribution in [0.15, 0.2) is 30.3 Å². The summed E-state index contributed by atoms with van der Waals surface area (Å²) in [4.78, 5) is 11.7. The van der Waals surface area contributed by atoms with Crippen molar-refractivity contribution in [2.75, 3.05) is 6.54 Å². The summed E-state index contributed by atoms with van der Waals surface area (Å²) >= 11 is 0. The van der Waals surface area contributed by atoms with E-state index in [1.54, 1.807) is 0 Å². The summed E-state index contributed by atoms with van der Waals surface area (Å²) in [7, 11) is 0. The molecule has 0 saturated heterocycles. The number of carbonyl (C=O) groups is 1. The lowest BCUT2D eigenvalue weighted by Crippen LogP contribution is -2.49. The first-order valence-corrected chi connectivity index (χ1v) is 6.57. The van der Waals surface area contributed by atoms with Crippen molar-refractivity contribution in [3.05, 3.63) is 35.9 Å². The van der Waals surface area contributed by atoms with Gasteiger partial charge in [-0.25, -0.2) is 4.79 Å². The number of carboxylic acids is 1. The molecule has 1 atom stereocenters. The van der Waals surface area contributed by atoms with Gasteiger partial charge in [0, 0.05) is 0 Å². The normalized spacial score (nSPS) is 14.4. The van der Waals surface area contributed by atoms with E-state index in [-0.39, 0.29) is 0 Å². The summed E-state index contributed by atoms with van der Waals surface area (Å²) in [6.45, 7) is 6.90. The molecule has 0 fully saturated rings. The minimum absolute atomic E-state index is 0.532. The Labute approximate surface area is 109 Å². The maximum absolute atomic E-state index is 11.7. The second-order valence-corrected chi connectivity index (χ2v) is 5.04. The molecule has 2 N–H and O–H groups in total. The molecule has 0 bridgehead atoms. The van der Waals surface area contributed by atoms with Gasteiger partial charge in [0.25, 0.3) is 0 Å². The van der Waals surface area contributed by atoms with Crippen molar-refractivity contribution in [2.24, 2.45) is 5.92 Å². The second kappa shape index (κ2) is 6.55. The van der Waals surface area contributed by atoms with Gasteiger partial charge in [-0.15, -0.1) is 0 Å². The summed E-state index contributed by atoms with van der Waals surface area (Å²) in [6.07, 6.45) is 1.51. The van der Waals surface area contributed by atoms with E-state index in [9.17, 15) is 9.90 Å². The number of nitrogens with one attached hydrogen (secondary N) is 1. The maximum Gasteiger partial charge on any atom is 0.328 e. The van der Waals surface area contributed by atoms with Crippen molar-refractivity contribution in [2.45, 2.75) is 39.2 Å². The van der Waals surface area contributed by atoms with Gasteiger partial charge in [-0.05, 0) is 30.9 Å². The number of hydrogen-bond acceptors (Lipinski definition) is 2. The Morgan fingerprint density at radius 2 is 1.94 bits per heavy atom. The van der Waals surface area contributed by atoms with Gasteiger partial charge in [0.1, 0.15) is 5.54 Å². The first kappa shape index (κ1) is 14.7. The standard InChI is InChI=1S/C15H23NO2/c1-4-15(14(17)18,16-11-10-12(2)3)13-8-6-5-7-9-13/h5-9,12,16H,4,10-11H2,1-3H3,(H,17,18). The minimum atomic E-state index is -0.962. The van der Waals surface area contributed by atoms with Gasteiger partial charge in [0.15, 0.2) is 0 Å². The predicted octanol–water partition coefficient (Wildman–Crippen LogP) is 3.01. The highest BCUT2D eigenvalue weighted by molar-refractivity contribution is 5.80. The maximum atomic E-state index is 11.7. The fourth-order valence-corrected chi connectivity index (χ4v) is 2.08. The Kier molecular flexibility index (Phi) is 5.35. The molecule has 0 aromatic heterocycles. The van der Waals surface area contributed by atoms with Crippen molar-refractivity contribution in [1.82, 2.24) is 5.32 Å². The van der Waals surface area contributed by atoms with Gasteiger partial charge in [-0.3, -0.25) is 5.32 Å². The Morgan fingerprint density at radius 1 is 1.33 bits per heavy atom. The lowest BCUT2D eigenvalue weighted by molar-refractivity contribution is -0.145. The van der Waals surface area contributed by atoms with Crippen molar-refractivity contribution >= 4 is 5.97 Å². The van der Waals surface area contributed by atoms with Gasteiger partial charge in [-0.1, -0.05) is 51.1 Å². The van der Waals surface area contributed by atoms with Crippen LogP contribution in [0, 0.1) is 5.92 Å². The summed E-state index contributed by atoms with van der Waals surface area (Å²) in [5.74, 6) is -0.239. The molecule has 0 radical (unpaired) electrons. The van der Waals surface area contributed by atoms with Crippen LogP contribution in [-0.2, 0) is 10.3 Å². The topological polar surface area (TPSA) is 49.3 Å². The summed E-state index contributed by atoms with van der Waals surface area (Å²) in [5, 5.41) is 12.8. The summed E-state index contributed by atoms with van der Waals surface area (Å²) in [5.41, 5.74) is -0.139. The quantitative estimate of drug-likeness (QED) is 0.781. The molecule has 3 heteroatoms. The third kappa shape index (κ3) is 3.33. The van der Waals surface area contributed by atoms with Crippen LogP contribution in [0.25, 0.3) is 0 Å². The average Bonchev–Trinajstić information content (AvgIpc) is 2.35. The van der Waals surface area contributed by atoms with Crippen molar-refractivity contribution in [3.63, 3.8) is 0 Å². The van der Waals surface area contributed by atoms with Crippen LogP contribution < -0.4 is 5.32 Å². The molecule has 18 heavy (non-hydrogen) atoms. The van der Waals surface area contributed by atoms with Crippen LogP contribution in [0.2, 0.25) is 0 Å². The molecule has 1 rings (SSSR count). The van der Waals surface area contributed by atoms with Gasteiger partial charge in [-0.2, -0.15) is 0 Å². The van der Waals surface area contributed by atoms with Crippen molar-refractivity contribution in [3.8, 4) is 0 Å². The van der Waals surface area contributed by atoms with E-state index in [1.165, 1.54) is 0 Å². The number of carboxylic acid groups (broad SMARTS) is 1. The molecule has 1 aromatic rings. The molecule has 0 aliphatic carbocycles. The van der Waals surface area contributed by atoms with E-state index in [4.69, 9.17) is 0 Å². The highest BCUT2D eigenvalue weighted by Crippen LogP contribution is 2.25. The number of benzene rings is 1. The van der Waals surface area contributed by atoms with E-state index >= 15 is 0 Å². The summed E-state index contributed by atoms with van der Waals surface area (Å²) in [6, 6.07) is 9.42. The third-order valence-electron chi connectivity index (χ3n) is 3.31. The predicted molar refractivity (Wildman–Crippen MR) is 73.5 cm³/mol. The molecule has 0 amide bonds. The van der Waals surface area contributed by atoms with Gasteiger partial charge < -0.3 is 5.11 Å². The highest BCUT2D eigenvalue weighted by Gasteiger charge is 2.37. The number of rotatable bonds is 7. The molecule has 0 spiro atoms. The van der Waals surface area contributed by atoms with Crippen LogP contribution in [-0.4, -0.2) is 17.6 Å². The second-order valence-electron chi connectivity index (χ2n) is 5.04. The molecule has 0 saturated carbocycles. The van der Waals surface area contributed by atoms with Crippen molar-refractivity contribution < 1.29 is 9.90 Å². The fourth-order valence-electron chi connectivity index (χ4n) is 2.08. The zero-order chi connectivity index (χ0) is 13.6. The Bertz CT molecular complexity index is 375. The van der Waals surface area contributed by atoms with E-state index < -0.39 is 11.5 Å². The van der Waals surface area contributed by atoms with E-state index in [0.717, 1.165) is 12.0 Å². The Morgan fingerprint density at radius 3 is 2.39 bits per heavy atom. The van der Waals surface area contributed by atoms with Crippen LogP contribution in [0.4, 0.5) is 0 Å². The number of hydrogen-bond donors (Lipinski definition) is 2. The minimum Gasteiger partial charge on any atom is -0.480 e.